The van der Waals surface area contributed by atoms with E-state index in [2.05, 4.69) is 23.7 Å². The molecule has 0 aliphatic rings. The van der Waals surface area contributed by atoms with Crippen molar-refractivity contribution in [3.63, 3.8) is 0 Å². The Balaban J connectivity index is 2.70. The van der Waals surface area contributed by atoms with Gasteiger partial charge in [-0.2, -0.15) is 0 Å². The Morgan fingerprint density at radius 2 is 2.06 bits per heavy atom. The average Bonchev–Trinajstić information content (AvgIpc) is 2.28. The fourth-order valence-corrected chi connectivity index (χ4v) is 1.20. The molecule has 1 rings (SSSR count). The summed E-state index contributed by atoms with van der Waals surface area (Å²) in [5.41, 5.74) is 0.354. The molecule has 0 bridgehead atoms. The molecule has 0 aromatic carbocycles. The summed E-state index contributed by atoms with van der Waals surface area (Å²) in [7, 11) is 4.00. The first kappa shape index (κ1) is 14.2. The van der Waals surface area contributed by atoms with Crippen molar-refractivity contribution < 1.29 is 9.84 Å². The molecule has 1 heterocycles. The summed E-state index contributed by atoms with van der Waals surface area (Å²) >= 11 is 5.85. The van der Waals surface area contributed by atoms with E-state index >= 15 is 0 Å². The number of aromatic nitrogens is 1. The second-order valence-corrected chi connectivity index (χ2v) is 5.14. The van der Waals surface area contributed by atoms with Gasteiger partial charge in [0.05, 0.1) is 17.3 Å². The van der Waals surface area contributed by atoms with E-state index in [0.717, 1.165) is 0 Å². The van der Waals surface area contributed by atoms with E-state index < -0.39 is 0 Å². The topological polar surface area (TPSA) is 45.6 Å². The summed E-state index contributed by atoms with van der Waals surface area (Å²) in [5, 5.41) is 9.50. The highest BCUT2D eigenvalue weighted by molar-refractivity contribution is 6.31. The highest BCUT2D eigenvalue weighted by Gasteiger charge is 2.21. The maximum Gasteiger partial charge on any atom is 0.213 e. The monoisotopic (exact) mass is 258 g/mol. The summed E-state index contributed by atoms with van der Waals surface area (Å²) in [6.07, 6.45) is 0. The number of pyridine rings is 1. The van der Waals surface area contributed by atoms with Gasteiger partial charge < -0.3 is 14.7 Å². The normalized spacial score (nSPS) is 11.9. The molecule has 5 heteroatoms. The summed E-state index contributed by atoms with van der Waals surface area (Å²) in [5.74, 6) is 0.480. The second-order valence-electron chi connectivity index (χ2n) is 4.73. The van der Waals surface area contributed by atoms with Gasteiger partial charge in [-0.1, -0.05) is 11.6 Å². The van der Waals surface area contributed by atoms with Gasteiger partial charge in [0.25, 0.3) is 0 Å². The molecule has 0 saturated heterocycles. The number of aliphatic hydroxyl groups excluding tert-OH is 1. The third kappa shape index (κ3) is 3.84. The van der Waals surface area contributed by atoms with Crippen LogP contribution in [0, 0.1) is 0 Å². The molecule has 0 aliphatic heterocycles. The molecule has 0 amide bonds. The maximum atomic E-state index is 9.05. The molecular weight excluding hydrogens is 240 g/mol. The number of nitrogens with zero attached hydrogens (tertiary/aromatic N) is 2. The number of rotatable bonds is 5. The molecule has 0 atom stereocenters. The van der Waals surface area contributed by atoms with Crippen LogP contribution in [0.1, 0.15) is 19.5 Å². The first-order valence-corrected chi connectivity index (χ1v) is 5.81. The Kier molecular flexibility index (Phi) is 4.74. The van der Waals surface area contributed by atoms with Crippen LogP contribution in [0.2, 0.25) is 5.02 Å². The van der Waals surface area contributed by atoms with Crippen molar-refractivity contribution in [2.24, 2.45) is 0 Å². The lowest BCUT2D eigenvalue weighted by atomic mass is 10.1. The molecular formula is C12H19ClN2O2. The van der Waals surface area contributed by atoms with Gasteiger partial charge in [0.15, 0.2) is 0 Å². The van der Waals surface area contributed by atoms with Crippen LogP contribution in [0.25, 0.3) is 0 Å². The van der Waals surface area contributed by atoms with Crippen molar-refractivity contribution >= 4 is 11.6 Å². The van der Waals surface area contributed by atoms with Gasteiger partial charge in [0.2, 0.25) is 5.88 Å². The van der Waals surface area contributed by atoms with Crippen molar-refractivity contribution in [3.8, 4) is 5.88 Å². The van der Waals surface area contributed by atoms with Crippen molar-refractivity contribution in [2.45, 2.75) is 26.0 Å². The zero-order chi connectivity index (χ0) is 13.1. The molecule has 0 aliphatic carbocycles. The van der Waals surface area contributed by atoms with Crippen LogP contribution >= 0.6 is 11.6 Å². The fraction of sp³-hybridized carbons (Fsp3) is 0.583. The number of hydrogen-bond acceptors (Lipinski definition) is 4. The van der Waals surface area contributed by atoms with Crippen LogP contribution in [0.15, 0.2) is 12.1 Å². The first-order valence-electron chi connectivity index (χ1n) is 5.43. The highest BCUT2D eigenvalue weighted by atomic mass is 35.5. The van der Waals surface area contributed by atoms with E-state index in [1.807, 2.05) is 14.1 Å². The predicted molar refractivity (Wildman–Crippen MR) is 68.4 cm³/mol. The number of hydrogen-bond donors (Lipinski definition) is 1. The summed E-state index contributed by atoms with van der Waals surface area (Å²) in [6, 6.07) is 3.38. The molecule has 17 heavy (non-hydrogen) atoms. The third-order valence-corrected chi connectivity index (χ3v) is 3.17. The summed E-state index contributed by atoms with van der Waals surface area (Å²) < 4.78 is 5.61. The first-order chi connectivity index (χ1) is 7.86. The molecule has 0 unspecified atom stereocenters. The Bertz CT molecular complexity index is 381. The summed E-state index contributed by atoms with van der Waals surface area (Å²) in [4.78, 5) is 6.21. The van der Waals surface area contributed by atoms with Crippen molar-refractivity contribution in [1.82, 2.24) is 9.88 Å². The molecule has 1 aromatic rings. The quantitative estimate of drug-likeness (QED) is 0.877. The molecule has 1 aromatic heterocycles. The van der Waals surface area contributed by atoms with E-state index in [0.29, 0.717) is 23.2 Å². The minimum atomic E-state index is -0.187. The molecule has 1 N–H and O–H groups in total. The smallest absolute Gasteiger partial charge is 0.213 e. The number of likely N-dealkylation sites (N-methyl/N-ethyl adjacent to an activating group) is 1. The zero-order valence-electron chi connectivity index (χ0n) is 10.7. The lowest BCUT2D eigenvalue weighted by Crippen LogP contribution is -2.43. The van der Waals surface area contributed by atoms with E-state index in [-0.39, 0.29) is 12.1 Å². The lowest BCUT2D eigenvalue weighted by molar-refractivity contribution is 0.110. The largest absolute Gasteiger partial charge is 0.476 e. The van der Waals surface area contributed by atoms with E-state index in [1.54, 1.807) is 12.1 Å². The van der Waals surface area contributed by atoms with Crippen LogP contribution in [0.5, 0.6) is 5.88 Å². The predicted octanol–water partition coefficient (Wildman–Crippen LogP) is 1.95. The van der Waals surface area contributed by atoms with Gasteiger partial charge in [-0.05, 0) is 34.0 Å². The lowest BCUT2D eigenvalue weighted by Gasteiger charge is -2.31. The molecule has 0 radical (unpaired) electrons. The number of ether oxygens (including phenoxy) is 1. The average molecular weight is 259 g/mol. The zero-order valence-corrected chi connectivity index (χ0v) is 11.5. The SMILES string of the molecule is CN(C)C(C)(C)COc1ccc(Cl)c(CO)n1. The van der Waals surface area contributed by atoms with Crippen molar-refractivity contribution in [3.05, 3.63) is 22.8 Å². The molecule has 96 valence electrons. The Morgan fingerprint density at radius 3 is 2.59 bits per heavy atom. The highest BCUT2D eigenvalue weighted by Crippen LogP contribution is 2.19. The van der Waals surface area contributed by atoms with Crippen molar-refractivity contribution in [2.75, 3.05) is 20.7 Å². The van der Waals surface area contributed by atoms with E-state index in [4.69, 9.17) is 21.4 Å². The molecule has 0 fully saturated rings. The van der Waals surface area contributed by atoms with Crippen molar-refractivity contribution in [1.29, 1.82) is 0 Å². The van der Waals surface area contributed by atoms with Gasteiger partial charge >= 0.3 is 0 Å². The Hall–Kier alpha value is -0.840. The standard InChI is InChI=1S/C12H19ClN2O2/c1-12(2,15(3)4)8-17-11-6-5-9(13)10(7-16)14-11/h5-6,16H,7-8H2,1-4H3. The van der Waals surface area contributed by atoms with Crippen LogP contribution in [-0.2, 0) is 6.61 Å². The number of halogens is 1. The fourth-order valence-electron chi connectivity index (χ4n) is 1.04. The van der Waals surface area contributed by atoms with Crippen LogP contribution in [0.4, 0.5) is 0 Å². The van der Waals surface area contributed by atoms with Gasteiger partial charge in [-0.3, -0.25) is 0 Å². The Morgan fingerprint density at radius 1 is 1.41 bits per heavy atom. The van der Waals surface area contributed by atoms with Crippen LogP contribution < -0.4 is 4.74 Å². The maximum absolute atomic E-state index is 9.05. The second kappa shape index (κ2) is 5.67. The van der Waals surface area contributed by atoms with E-state index in [1.165, 1.54) is 0 Å². The van der Waals surface area contributed by atoms with Crippen LogP contribution in [-0.4, -0.2) is 41.2 Å². The van der Waals surface area contributed by atoms with Gasteiger partial charge in [0.1, 0.15) is 6.61 Å². The molecule has 4 nitrogen and oxygen atoms in total. The minimum absolute atomic E-state index is 0.0826. The summed E-state index contributed by atoms with van der Waals surface area (Å²) in [6.45, 7) is 4.48. The minimum Gasteiger partial charge on any atom is -0.476 e. The van der Waals surface area contributed by atoms with Gasteiger partial charge in [-0.25, -0.2) is 4.98 Å². The van der Waals surface area contributed by atoms with Gasteiger partial charge in [0, 0.05) is 11.6 Å². The van der Waals surface area contributed by atoms with Crippen LogP contribution in [0.3, 0.4) is 0 Å². The number of aliphatic hydroxyl groups is 1. The third-order valence-electron chi connectivity index (χ3n) is 2.83. The van der Waals surface area contributed by atoms with Gasteiger partial charge in [-0.15, -0.1) is 0 Å². The molecule has 0 saturated carbocycles. The Labute approximate surface area is 107 Å². The molecule has 0 spiro atoms. The van der Waals surface area contributed by atoms with E-state index in [9.17, 15) is 0 Å².